The van der Waals surface area contributed by atoms with Gasteiger partial charge in [-0.1, -0.05) is 18.2 Å². The highest BCUT2D eigenvalue weighted by atomic mass is 16.5. The molecule has 5 nitrogen and oxygen atoms in total. The molecule has 0 bridgehead atoms. The lowest BCUT2D eigenvalue weighted by molar-refractivity contribution is 0.0952. The number of nitrogens with one attached hydrogen (secondary N) is 1. The molecular weight excluding hydrogens is 330 g/mol. The highest BCUT2D eigenvalue weighted by Crippen LogP contribution is 2.37. The van der Waals surface area contributed by atoms with Crippen LogP contribution in [-0.2, 0) is 6.42 Å². The molecule has 0 aromatic heterocycles. The highest BCUT2D eigenvalue weighted by molar-refractivity contribution is 6.01. The van der Waals surface area contributed by atoms with Crippen LogP contribution in [0.15, 0.2) is 42.5 Å². The minimum Gasteiger partial charge on any atom is -0.493 e. The number of hydrogen-bond donors (Lipinski definition) is 1. The molecule has 5 heteroatoms. The van der Waals surface area contributed by atoms with Gasteiger partial charge in [0, 0.05) is 23.6 Å². The van der Waals surface area contributed by atoms with Crippen molar-refractivity contribution in [3.8, 4) is 11.5 Å². The molecule has 0 aliphatic heterocycles. The third-order valence-corrected chi connectivity index (χ3v) is 4.54. The lowest BCUT2D eigenvalue weighted by Crippen LogP contribution is -2.26. The molecule has 0 spiro atoms. The van der Waals surface area contributed by atoms with Gasteiger partial charge >= 0.3 is 0 Å². The molecule has 0 heterocycles. The quantitative estimate of drug-likeness (QED) is 0.740. The number of carbonyl (C=O) groups excluding carboxylic acids is 2. The lowest BCUT2D eigenvalue weighted by Gasteiger charge is -2.15. The van der Waals surface area contributed by atoms with E-state index in [0.717, 1.165) is 18.4 Å². The van der Waals surface area contributed by atoms with Crippen molar-refractivity contribution in [2.45, 2.75) is 19.3 Å². The molecule has 1 N–H and O–H groups in total. The molecule has 0 saturated heterocycles. The number of ether oxygens (including phenoxy) is 2. The van der Waals surface area contributed by atoms with Crippen molar-refractivity contribution in [2.75, 3.05) is 20.8 Å². The first-order valence-corrected chi connectivity index (χ1v) is 8.76. The Morgan fingerprint density at radius 3 is 2.31 bits per heavy atom. The van der Waals surface area contributed by atoms with Gasteiger partial charge in [-0.3, -0.25) is 9.59 Å². The molecule has 0 radical (unpaired) electrons. The van der Waals surface area contributed by atoms with Crippen LogP contribution in [0.5, 0.6) is 11.5 Å². The minimum atomic E-state index is -0.124. The van der Waals surface area contributed by atoms with E-state index in [0.29, 0.717) is 35.6 Å². The summed E-state index contributed by atoms with van der Waals surface area (Å²) < 4.78 is 10.7. The highest BCUT2D eigenvalue weighted by Gasteiger charge is 2.32. The van der Waals surface area contributed by atoms with Gasteiger partial charge in [0.1, 0.15) is 0 Å². The van der Waals surface area contributed by atoms with E-state index < -0.39 is 0 Å². The summed E-state index contributed by atoms with van der Waals surface area (Å²) in [6.07, 6.45) is 2.43. The van der Waals surface area contributed by atoms with Crippen LogP contribution in [0, 0.1) is 5.92 Å². The monoisotopic (exact) mass is 353 g/mol. The van der Waals surface area contributed by atoms with E-state index in [1.807, 2.05) is 24.3 Å². The second-order valence-corrected chi connectivity index (χ2v) is 6.37. The van der Waals surface area contributed by atoms with Crippen LogP contribution in [0.4, 0.5) is 0 Å². The van der Waals surface area contributed by atoms with Crippen LogP contribution in [0.3, 0.4) is 0 Å². The van der Waals surface area contributed by atoms with E-state index in [1.54, 1.807) is 32.4 Å². The Bertz CT molecular complexity index is 797. The number of amides is 1. The van der Waals surface area contributed by atoms with E-state index in [1.165, 1.54) is 0 Å². The molecule has 1 fully saturated rings. The van der Waals surface area contributed by atoms with Crippen molar-refractivity contribution in [3.63, 3.8) is 0 Å². The summed E-state index contributed by atoms with van der Waals surface area (Å²) in [5.74, 6) is 1.28. The summed E-state index contributed by atoms with van der Waals surface area (Å²) in [7, 11) is 3.13. The van der Waals surface area contributed by atoms with Crippen LogP contribution in [0.2, 0.25) is 0 Å². The Balaban J connectivity index is 1.75. The predicted octanol–water partition coefficient (Wildman–Crippen LogP) is 3.27. The molecule has 26 heavy (non-hydrogen) atoms. The fourth-order valence-corrected chi connectivity index (χ4v) is 2.93. The van der Waals surface area contributed by atoms with Gasteiger partial charge in [0.15, 0.2) is 17.3 Å². The number of hydrogen-bond acceptors (Lipinski definition) is 4. The SMILES string of the molecule is COc1cc(CCNC(=O)c2ccccc2)c(C(=O)C2CC2)cc1OC. The zero-order valence-electron chi connectivity index (χ0n) is 15.1. The van der Waals surface area contributed by atoms with Gasteiger partial charge in [-0.05, 0) is 49.1 Å². The number of methoxy groups -OCH3 is 2. The van der Waals surface area contributed by atoms with Crippen LogP contribution < -0.4 is 14.8 Å². The van der Waals surface area contributed by atoms with Gasteiger partial charge < -0.3 is 14.8 Å². The molecule has 136 valence electrons. The molecule has 2 aromatic carbocycles. The van der Waals surface area contributed by atoms with Crippen molar-refractivity contribution < 1.29 is 19.1 Å². The first-order chi connectivity index (χ1) is 12.6. The van der Waals surface area contributed by atoms with Crippen molar-refractivity contribution in [3.05, 3.63) is 59.2 Å². The van der Waals surface area contributed by atoms with Crippen molar-refractivity contribution in [2.24, 2.45) is 5.92 Å². The van der Waals surface area contributed by atoms with Crippen LogP contribution >= 0.6 is 0 Å². The maximum absolute atomic E-state index is 12.6. The first kappa shape index (κ1) is 18.0. The molecule has 0 unspecified atom stereocenters. The van der Waals surface area contributed by atoms with Crippen molar-refractivity contribution in [1.82, 2.24) is 5.32 Å². The van der Waals surface area contributed by atoms with E-state index in [2.05, 4.69) is 5.32 Å². The van der Waals surface area contributed by atoms with Gasteiger partial charge in [-0.25, -0.2) is 0 Å². The van der Waals surface area contributed by atoms with Crippen molar-refractivity contribution >= 4 is 11.7 Å². The van der Waals surface area contributed by atoms with Gasteiger partial charge in [-0.2, -0.15) is 0 Å². The zero-order valence-corrected chi connectivity index (χ0v) is 15.1. The Hall–Kier alpha value is -2.82. The molecule has 1 amide bonds. The van der Waals surface area contributed by atoms with Crippen LogP contribution in [0.1, 0.15) is 39.1 Å². The average Bonchev–Trinajstić information content (AvgIpc) is 3.52. The average molecular weight is 353 g/mol. The predicted molar refractivity (Wildman–Crippen MR) is 99.1 cm³/mol. The smallest absolute Gasteiger partial charge is 0.251 e. The summed E-state index contributed by atoms with van der Waals surface area (Å²) in [5.41, 5.74) is 2.15. The second-order valence-electron chi connectivity index (χ2n) is 6.37. The van der Waals surface area contributed by atoms with Gasteiger partial charge in [-0.15, -0.1) is 0 Å². The number of carbonyl (C=O) groups is 2. The molecule has 3 rings (SSSR count). The lowest BCUT2D eigenvalue weighted by atomic mass is 9.97. The van der Waals surface area contributed by atoms with E-state index in [4.69, 9.17) is 9.47 Å². The van der Waals surface area contributed by atoms with Gasteiger partial charge in [0.05, 0.1) is 14.2 Å². The topological polar surface area (TPSA) is 64.6 Å². The summed E-state index contributed by atoms with van der Waals surface area (Å²) in [6, 6.07) is 12.7. The number of benzene rings is 2. The largest absolute Gasteiger partial charge is 0.493 e. The second kappa shape index (κ2) is 8.04. The fourth-order valence-electron chi connectivity index (χ4n) is 2.93. The van der Waals surface area contributed by atoms with Gasteiger partial charge in [0.2, 0.25) is 0 Å². The number of rotatable bonds is 8. The maximum atomic E-state index is 12.6. The molecule has 1 saturated carbocycles. The third-order valence-electron chi connectivity index (χ3n) is 4.54. The standard InChI is InChI=1S/C21H23NO4/c1-25-18-12-16(10-11-22-21(24)15-6-4-3-5-7-15)17(13-19(18)26-2)20(23)14-8-9-14/h3-7,12-14H,8-11H2,1-2H3,(H,22,24). The normalized spacial score (nSPS) is 13.2. The summed E-state index contributed by atoms with van der Waals surface area (Å²) in [4.78, 5) is 24.8. The Labute approximate surface area is 153 Å². The van der Waals surface area contributed by atoms with E-state index >= 15 is 0 Å². The Morgan fingerprint density at radius 2 is 1.69 bits per heavy atom. The number of ketones is 1. The van der Waals surface area contributed by atoms with Crippen LogP contribution in [0.25, 0.3) is 0 Å². The molecule has 2 aromatic rings. The molecular formula is C21H23NO4. The molecule has 0 atom stereocenters. The molecule has 1 aliphatic carbocycles. The first-order valence-electron chi connectivity index (χ1n) is 8.76. The van der Waals surface area contributed by atoms with Gasteiger partial charge in [0.25, 0.3) is 5.91 Å². The van der Waals surface area contributed by atoms with E-state index in [9.17, 15) is 9.59 Å². The summed E-state index contributed by atoms with van der Waals surface area (Å²) >= 11 is 0. The fraction of sp³-hybridized carbons (Fsp3) is 0.333. The maximum Gasteiger partial charge on any atom is 0.251 e. The minimum absolute atomic E-state index is 0.116. The van der Waals surface area contributed by atoms with Crippen molar-refractivity contribution in [1.29, 1.82) is 0 Å². The Kier molecular flexibility index (Phi) is 5.56. The third kappa shape index (κ3) is 4.04. The Morgan fingerprint density at radius 1 is 1.04 bits per heavy atom. The summed E-state index contributed by atoms with van der Waals surface area (Å²) in [6.45, 7) is 0.439. The molecule has 1 aliphatic rings. The summed E-state index contributed by atoms with van der Waals surface area (Å²) in [5, 5.41) is 2.90. The van der Waals surface area contributed by atoms with E-state index in [-0.39, 0.29) is 17.6 Å². The number of Topliss-reactive ketones (excluding diaryl/α,β-unsaturated/α-hetero) is 1. The van der Waals surface area contributed by atoms with Crippen LogP contribution in [-0.4, -0.2) is 32.5 Å². The zero-order chi connectivity index (χ0) is 18.5.